The molecule has 146 valence electrons. The van der Waals surface area contributed by atoms with E-state index in [0.29, 0.717) is 12.0 Å². The zero-order chi connectivity index (χ0) is 19.7. The number of rotatable bonds is 4. The first-order valence-corrected chi connectivity index (χ1v) is 10.1. The van der Waals surface area contributed by atoms with Gasteiger partial charge in [-0.25, -0.2) is 9.50 Å². The molecule has 0 spiro atoms. The summed E-state index contributed by atoms with van der Waals surface area (Å²) in [7, 11) is 0. The van der Waals surface area contributed by atoms with E-state index in [1.165, 1.54) is 25.7 Å². The largest absolute Gasteiger partial charge is 0.350 e. The lowest BCUT2D eigenvalue weighted by atomic mass is 9.87. The van der Waals surface area contributed by atoms with Crippen LogP contribution in [0.3, 0.4) is 0 Å². The van der Waals surface area contributed by atoms with Crippen LogP contribution in [0, 0.1) is 12.8 Å². The zero-order valence-electron chi connectivity index (χ0n) is 17.1. The number of aryl methyl sites for hydroxylation is 1. The van der Waals surface area contributed by atoms with Gasteiger partial charge in [0.2, 0.25) is 5.95 Å². The van der Waals surface area contributed by atoms with Gasteiger partial charge < -0.3 is 5.32 Å². The molecule has 1 N–H and O–H groups in total. The molecule has 0 atom stereocenters. The van der Waals surface area contributed by atoms with Gasteiger partial charge in [0.05, 0.1) is 28.8 Å². The third-order valence-electron chi connectivity index (χ3n) is 5.44. The third kappa shape index (κ3) is 3.91. The maximum Gasteiger partial charge on any atom is 0.241 e. The maximum atomic E-state index is 4.75. The molecule has 0 radical (unpaired) electrons. The SMILES string of the molecule is CC(C)=Nc1ccc(-c2ccn3nc(NC4CCC(C)CC4)ncc23)nc1C. The summed E-state index contributed by atoms with van der Waals surface area (Å²) in [5, 5.41) is 8.16. The molecule has 1 fully saturated rings. The molecule has 3 heterocycles. The van der Waals surface area contributed by atoms with Gasteiger partial charge >= 0.3 is 0 Å². The summed E-state index contributed by atoms with van der Waals surface area (Å²) in [6.45, 7) is 8.31. The fourth-order valence-electron chi connectivity index (χ4n) is 3.83. The lowest BCUT2D eigenvalue weighted by molar-refractivity contribution is 0.360. The fraction of sp³-hybridized carbons (Fsp3) is 0.455. The molecule has 0 aromatic carbocycles. The van der Waals surface area contributed by atoms with E-state index in [1.807, 2.05) is 55.9 Å². The standard InChI is InChI=1S/C22H28N6/c1-14(2)24-19-9-10-20(25-16(19)4)18-11-12-28-21(18)13-23-22(27-28)26-17-7-5-15(3)6-8-17/h9-13,15,17H,5-8H2,1-4H3,(H,26,27). The first-order valence-electron chi connectivity index (χ1n) is 10.1. The second kappa shape index (κ2) is 7.70. The maximum absolute atomic E-state index is 4.75. The first-order chi connectivity index (χ1) is 13.5. The van der Waals surface area contributed by atoms with Crippen molar-refractivity contribution in [2.45, 2.75) is 59.4 Å². The summed E-state index contributed by atoms with van der Waals surface area (Å²) < 4.78 is 1.88. The highest BCUT2D eigenvalue weighted by atomic mass is 15.3. The Morgan fingerprint density at radius 2 is 1.93 bits per heavy atom. The molecule has 6 heteroatoms. The second-order valence-corrected chi connectivity index (χ2v) is 8.10. The molecule has 0 bridgehead atoms. The molecule has 3 aromatic rings. The van der Waals surface area contributed by atoms with Gasteiger partial charge in [-0.05, 0) is 70.6 Å². The summed E-state index contributed by atoms with van der Waals surface area (Å²) in [5.41, 5.74) is 5.76. The van der Waals surface area contributed by atoms with Crippen LogP contribution in [0.4, 0.5) is 11.6 Å². The average molecular weight is 377 g/mol. The Morgan fingerprint density at radius 3 is 2.64 bits per heavy atom. The van der Waals surface area contributed by atoms with Gasteiger partial charge in [-0.15, -0.1) is 5.10 Å². The molecule has 1 aliphatic rings. The Bertz CT molecular complexity index is 1010. The fourth-order valence-corrected chi connectivity index (χ4v) is 3.83. The van der Waals surface area contributed by atoms with Gasteiger partial charge in [0, 0.05) is 23.5 Å². The van der Waals surface area contributed by atoms with Gasteiger partial charge in [-0.2, -0.15) is 0 Å². The van der Waals surface area contributed by atoms with Crippen LogP contribution in [0.1, 0.15) is 52.1 Å². The number of fused-ring (bicyclic) bond motifs is 1. The van der Waals surface area contributed by atoms with E-state index in [1.54, 1.807) is 0 Å². The summed E-state index contributed by atoms with van der Waals surface area (Å²) in [4.78, 5) is 13.8. The predicted octanol–water partition coefficient (Wildman–Crippen LogP) is 5.20. The van der Waals surface area contributed by atoms with E-state index in [2.05, 4.69) is 27.3 Å². The summed E-state index contributed by atoms with van der Waals surface area (Å²) in [5.74, 6) is 1.53. The van der Waals surface area contributed by atoms with Gasteiger partial charge in [0.1, 0.15) is 0 Å². The quantitative estimate of drug-likeness (QED) is 0.635. The molecule has 3 aromatic heterocycles. The number of nitrogens with one attached hydrogen (secondary N) is 1. The van der Waals surface area contributed by atoms with Gasteiger partial charge in [0.25, 0.3) is 0 Å². The van der Waals surface area contributed by atoms with Crippen LogP contribution in [0.15, 0.2) is 35.6 Å². The summed E-state index contributed by atoms with van der Waals surface area (Å²) >= 11 is 0. The topological polar surface area (TPSA) is 67.5 Å². The van der Waals surface area contributed by atoms with Crippen molar-refractivity contribution in [3.8, 4) is 11.3 Å². The van der Waals surface area contributed by atoms with Crippen molar-refractivity contribution in [1.82, 2.24) is 19.6 Å². The first kappa shape index (κ1) is 18.6. The molecular weight excluding hydrogens is 348 g/mol. The number of pyridine rings is 1. The number of hydrogen-bond acceptors (Lipinski definition) is 5. The summed E-state index contributed by atoms with van der Waals surface area (Å²) in [6.07, 6.45) is 8.78. The van der Waals surface area contributed by atoms with E-state index < -0.39 is 0 Å². The van der Waals surface area contributed by atoms with Crippen molar-refractivity contribution < 1.29 is 0 Å². The van der Waals surface area contributed by atoms with Crippen molar-refractivity contribution in [3.63, 3.8) is 0 Å². The number of nitrogens with zero attached hydrogens (tertiary/aromatic N) is 5. The highest BCUT2D eigenvalue weighted by Crippen LogP contribution is 2.28. The molecule has 1 aliphatic carbocycles. The van der Waals surface area contributed by atoms with E-state index >= 15 is 0 Å². The van der Waals surface area contributed by atoms with Gasteiger partial charge in [0.15, 0.2) is 0 Å². The highest BCUT2D eigenvalue weighted by molar-refractivity contribution is 5.83. The normalized spacial score (nSPS) is 19.6. The molecule has 0 saturated heterocycles. The van der Waals surface area contributed by atoms with Crippen LogP contribution in [0.25, 0.3) is 16.8 Å². The number of aromatic nitrogens is 4. The number of aliphatic imine (C=N–C) groups is 1. The van der Waals surface area contributed by atoms with Crippen LogP contribution in [-0.2, 0) is 0 Å². The Labute approximate surface area is 166 Å². The van der Waals surface area contributed by atoms with Crippen molar-refractivity contribution in [2.24, 2.45) is 10.9 Å². The number of hydrogen-bond donors (Lipinski definition) is 1. The third-order valence-corrected chi connectivity index (χ3v) is 5.44. The molecule has 4 rings (SSSR count). The average Bonchev–Trinajstić information content (AvgIpc) is 3.08. The highest BCUT2D eigenvalue weighted by Gasteiger charge is 2.19. The molecule has 1 saturated carbocycles. The lowest BCUT2D eigenvalue weighted by Gasteiger charge is -2.26. The van der Waals surface area contributed by atoms with Crippen LogP contribution in [0.5, 0.6) is 0 Å². The minimum atomic E-state index is 0.475. The molecule has 0 amide bonds. The summed E-state index contributed by atoms with van der Waals surface area (Å²) in [6, 6.07) is 6.56. The Kier molecular flexibility index (Phi) is 5.11. The molecule has 6 nitrogen and oxygen atoms in total. The van der Waals surface area contributed by atoms with E-state index in [9.17, 15) is 0 Å². The Hall–Kier alpha value is -2.76. The lowest BCUT2D eigenvalue weighted by Crippen LogP contribution is -2.26. The molecule has 0 aliphatic heterocycles. The molecule has 0 unspecified atom stereocenters. The number of anilines is 1. The monoisotopic (exact) mass is 376 g/mol. The second-order valence-electron chi connectivity index (χ2n) is 8.10. The van der Waals surface area contributed by atoms with Crippen molar-refractivity contribution in [1.29, 1.82) is 0 Å². The Balaban J connectivity index is 1.58. The Morgan fingerprint density at radius 1 is 1.14 bits per heavy atom. The van der Waals surface area contributed by atoms with Gasteiger partial charge in [-0.3, -0.25) is 9.98 Å². The smallest absolute Gasteiger partial charge is 0.241 e. The van der Waals surface area contributed by atoms with E-state index in [4.69, 9.17) is 4.98 Å². The minimum Gasteiger partial charge on any atom is -0.350 e. The van der Waals surface area contributed by atoms with Crippen molar-refractivity contribution in [3.05, 3.63) is 36.3 Å². The predicted molar refractivity (Wildman–Crippen MR) is 114 cm³/mol. The minimum absolute atomic E-state index is 0.475. The zero-order valence-corrected chi connectivity index (χ0v) is 17.1. The van der Waals surface area contributed by atoms with Crippen molar-refractivity contribution >= 4 is 22.9 Å². The van der Waals surface area contributed by atoms with Crippen LogP contribution >= 0.6 is 0 Å². The van der Waals surface area contributed by atoms with Crippen LogP contribution in [-0.4, -0.2) is 31.3 Å². The van der Waals surface area contributed by atoms with Crippen molar-refractivity contribution in [2.75, 3.05) is 5.32 Å². The van der Waals surface area contributed by atoms with E-state index in [0.717, 1.165) is 39.8 Å². The van der Waals surface area contributed by atoms with Crippen LogP contribution < -0.4 is 5.32 Å². The van der Waals surface area contributed by atoms with Crippen LogP contribution in [0.2, 0.25) is 0 Å². The van der Waals surface area contributed by atoms with Gasteiger partial charge in [-0.1, -0.05) is 6.92 Å². The molecular formula is C22H28N6. The molecule has 28 heavy (non-hydrogen) atoms. The van der Waals surface area contributed by atoms with E-state index in [-0.39, 0.29) is 0 Å².